The highest BCUT2D eigenvalue weighted by atomic mass is 35.5. The summed E-state index contributed by atoms with van der Waals surface area (Å²) in [6.45, 7) is 5.47. The third-order valence-corrected chi connectivity index (χ3v) is 1.58. The van der Waals surface area contributed by atoms with Crippen LogP contribution < -0.4 is 5.73 Å². The van der Waals surface area contributed by atoms with Crippen molar-refractivity contribution in [2.45, 2.75) is 26.4 Å². The summed E-state index contributed by atoms with van der Waals surface area (Å²) in [6, 6.07) is 6.88. The summed E-state index contributed by atoms with van der Waals surface area (Å²) in [5.74, 6) is -0.379. The molecule has 0 aromatic heterocycles. The lowest BCUT2D eigenvalue weighted by Gasteiger charge is -2.19. The molecule has 0 spiro atoms. The van der Waals surface area contributed by atoms with E-state index in [1.165, 1.54) is 0 Å². The Morgan fingerprint density at radius 1 is 1.27 bits per heavy atom. The van der Waals surface area contributed by atoms with E-state index >= 15 is 0 Å². The van der Waals surface area contributed by atoms with Gasteiger partial charge in [-0.05, 0) is 32.9 Å². The van der Waals surface area contributed by atoms with E-state index in [1.54, 1.807) is 24.3 Å². The van der Waals surface area contributed by atoms with Crippen molar-refractivity contribution in [3.05, 3.63) is 29.8 Å². The first kappa shape index (κ1) is 13.8. The van der Waals surface area contributed by atoms with Gasteiger partial charge in [0.05, 0.1) is 5.56 Å². The number of carbonyl (C=O) groups is 1. The van der Waals surface area contributed by atoms with E-state index in [0.29, 0.717) is 11.3 Å². The van der Waals surface area contributed by atoms with Gasteiger partial charge in [0.25, 0.3) is 0 Å². The number of nitrogen functional groups attached to an aromatic ring is 1. The van der Waals surface area contributed by atoms with Crippen molar-refractivity contribution < 1.29 is 9.53 Å². The fourth-order valence-corrected chi connectivity index (χ4v) is 1.02. The van der Waals surface area contributed by atoms with Crippen LogP contribution in [0.4, 0.5) is 5.69 Å². The third-order valence-electron chi connectivity index (χ3n) is 1.58. The molecule has 15 heavy (non-hydrogen) atoms. The first-order valence-electron chi connectivity index (χ1n) is 4.48. The van der Waals surface area contributed by atoms with Gasteiger partial charge < -0.3 is 10.5 Å². The minimum atomic E-state index is -0.487. The molecule has 1 rings (SSSR count). The smallest absolute Gasteiger partial charge is 0.340 e. The van der Waals surface area contributed by atoms with E-state index in [9.17, 15) is 4.79 Å². The summed E-state index contributed by atoms with van der Waals surface area (Å²) >= 11 is 0. The maximum absolute atomic E-state index is 11.6. The predicted octanol–water partition coefficient (Wildman–Crippen LogP) is 2.65. The van der Waals surface area contributed by atoms with Crippen molar-refractivity contribution in [2.75, 3.05) is 5.73 Å². The van der Waals surface area contributed by atoms with Gasteiger partial charge in [0.1, 0.15) is 5.60 Å². The first-order chi connectivity index (χ1) is 6.40. The summed E-state index contributed by atoms with van der Waals surface area (Å²) in [7, 11) is 0. The molecule has 0 atom stereocenters. The minimum absolute atomic E-state index is 0. The second-order valence-corrected chi connectivity index (χ2v) is 4.09. The highest BCUT2D eigenvalue weighted by molar-refractivity contribution is 5.95. The molecule has 3 nitrogen and oxygen atoms in total. The average molecular weight is 230 g/mol. The van der Waals surface area contributed by atoms with E-state index in [-0.39, 0.29) is 18.4 Å². The zero-order chi connectivity index (χ0) is 10.8. The Hall–Kier alpha value is -1.22. The second-order valence-electron chi connectivity index (χ2n) is 4.09. The fraction of sp³-hybridized carbons (Fsp3) is 0.364. The molecule has 0 amide bonds. The standard InChI is InChI=1S/C11H15NO2.ClH/c1-11(2,3)14-10(13)8-6-4-5-7-9(8)12;/h4-7H,12H2,1-3H3;1H. The second kappa shape index (κ2) is 5.03. The van der Waals surface area contributed by atoms with Crippen LogP contribution in [-0.4, -0.2) is 11.6 Å². The van der Waals surface area contributed by atoms with Crippen molar-refractivity contribution in [3.8, 4) is 0 Å². The molecule has 0 bridgehead atoms. The normalized spacial score (nSPS) is 10.3. The minimum Gasteiger partial charge on any atom is -0.456 e. The summed E-state index contributed by atoms with van der Waals surface area (Å²) in [4.78, 5) is 11.6. The van der Waals surface area contributed by atoms with Gasteiger partial charge in [-0.25, -0.2) is 4.79 Å². The topological polar surface area (TPSA) is 52.3 Å². The summed E-state index contributed by atoms with van der Waals surface area (Å²) in [5.41, 5.74) is 6.02. The maximum Gasteiger partial charge on any atom is 0.340 e. The van der Waals surface area contributed by atoms with Gasteiger partial charge in [0.15, 0.2) is 0 Å². The van der Waals surface area contributed by atoms with Crippen molar-refractivity contribution in [3.63, 3.8) is 0 Å². The molecule has 4 heteroatoms. The largest absolute Gasteiger partial charge is 0.456 e. The number of para-hydroxylation sites is 1. The Morgan fingerprint density at radius 2 is 1.80 bits per heavy atom. The fourth-order valence-electron chi connectivity index (χ4n) is 1.02. The van der Waals surface area contributed by atoms with Crippen LogP contribution in [-0.2, 0) is 4.74 Å². The number of hydrogen-bond donors (Lipinski definition) is 1. The van der Waals surface area contributed by atoms with Gasteiger partial charge in [0.2, 0.25) is 0 Å². The van der Waals surface area contributed by atoms with Crippen LogP contribution in [0.1, 0.15) is 31.1 Å². The maximum atomic E-state index is 11.6. The van der Waals surface area contributed by atoms with Crippen LogP contribution >= 0.6 is 12.4 Å². The Kier molecular flexibility index (Phi) is 4.62. The van der Waals surface area contributed by atoms with Crippen molar-refractivity contribution in [1.82, 2.24) is 0 Å². The lowest BCUT2D eigenvalue weighted by Crippen LogP contribution is -2.24. The molecule has 84 valence electrons. The number of esters is 1. The number of rotatable bonds is 1. The number of halogens is 1. The van der Waals surface area contributed by atoms with E-state index < -0.39 is 5.60 Å². The Bertz CT molecular complexity index is 345. The number of nitrogens with two attached hydrogens (primary N) is 1. The molecule has 0 aliphatic rings. The number of ether oxygens (including phenoxy) is 1. The first-order valence-corrected chi connectivity index (χ1v) is 4.48. The van der Waals surface area contributed by atoms with Gasteiger partial charge in [0, 0.05) is 5.69 Å². The average Bonchev–Trinajstić information content (AvgIpc) is 2.01. The molecule has 0 heterocycles. The summed E-state index contributed by atoms with van der Waals surface area (Å²) in [5, 5.41) is 0. The van der Waals surface area contributed by atoms with Crippen LogP contribution in [0, 0.1) is 0 Å². The molecule has 0 aliphatic heterocycles. The molecule has 0 radical (unpaired) electrons. The summed E-state index contributed by atoms with van der Waals surface area (Å²) in [6.07, 6.45) is 0. The molecule has 0 saturated carbocycles. The highest BCUT2D eigenvalue weighted by Crippen LogP contribution is 2.16. The quantitative estimate of drug-likeness (QED) is 0.595. The Balaban J connectivity index is 0.00000196. The molecule has 0 saturated heterocycles. The highest BCUT2D eigenvalue weighted by Gasteiger charge is 2.18. The Labute approximate surface area is 96.0 Å². The number of hydrogen-bond acceptors (Lipinski definition) is 3. The van der Waals surface area contributed by atoms with Crippen molar-refractivity contribution in [1.29, 1.82) is 0 Å². The van der Waals surface area contributed by atoms with Gasteiger partial charge in [-0.2, -0.15) is 0 Å². The number of carbonyl (C=O) groups excluding carboxylic acids is 1. The Morgan fingerprint density at radius 3 is 2.27 bits per heavy atom. The molecule has 0 unspecified atom stereocenters. The van der Waals surface area contributed by atoms with E-state index in [1.807, 2.05) is 20.8 Å². The molecule has 0 fully saturated rings. The zero-order valence-electron chi connectivity index (χ0n) is 9.11. The van der Waals surface area contributed by atoms with Gasteiger partial charge in [-0.15, -0.1) is 12.4 Å². The van der Waals surface area contributed by atoms with Crippen LogP contribution in [0.15, 0.2) is 24.3 Å². The molecule has 0 aliphatic carbocycles. The summed E-state index contributed by atoms with van der Waals surface area (Å²) < 4.78 is 5.19. The van der Waals surface area contributed by atoms with Gasteiger partial charge in [-0.3, -0.25) is 0 Å². The zero-order valence-corrected chi connectivity index (χ0v) is 9.93. The molecular formula is C11H16ClNO2. The SMILES string of the molecule is CC(C)(C)OC(=O)c1ccccc1N.Cl. The van der Waals surface area contributed by atoms with Crippen molar-refractivity contribution in [2.24, 2.45) is 0 Å². The van der Waals surface area contributed by atoms with Gasteiger partial charge >= 0.3 is 5.97 Å². The van der Waals surface area contributed by atoms with Crippen LogP contribution in [0.2, 0.25) is 0 Å². The molecule has 1 aromatic rings. The number of anilines is 1. The van der Waals surface area contributed by atoms with E-state index in [2.05, 4.69) is 0 Å². The predicted molar refractivity (Wildman–Crippen MR) is 63.3 cm³/mol. The van der Waals surface area contributed by atoms with Crippen LogP contribution in [0.25, 0.3) is 0 Å². The number of benzene rings is 1. The van der Waals surface area contributed by atoms with Crippen LogP contribution in [0.3, 0.4) is 0 Å². The molecule has 2 N–H and O–H groups in total. The lowest BCUT2D eigenvalue weighted by atomic mass is 10.1. The lowest BCUT2D eigenvalue weighted by molar-refractivity contribution is 0.00708. The van der Waals surface area contributed by atoms with Crippen LogP contribution in [0.5, 0.6) is 0 Å². The van der Waals surface area contributed by atoms with Crippen molar-refractivity contribution >= 4 is 24.1 Å². The molecule has 1 aromatic carbocycles. The monoisotopic (exact) mass is 229 g/mol. The van der Waals surface area contributed by atoms with E-state index in [0.717, 1.165) is 0 Å². The molecular weight excluding hydrogens is 214 g/mol. The third kappa shape index (κ3) is 4.21. The van der Waals surface area contributed by atoms with Gasteiger partial charge in [-0.1, -0.05) is 12.1 Å². The van der Waals surface area contributed by atoms with E-state index in [4.69, 9.17) is 10.5 Å².